The molecule has 0 bridgehead atoms. The van der Waals surface area contributed by atoms with Gasteiger partial charge >= 0.3 is 13.0 Å². The molecule has 0 saturated heterocycles. The molecule has 0 heterocycles. The molecule has 0 saturated carbocycles. The van der Waals surface area contributed by atoms with Crippen molar-refractivity contribution in [3.05, 3.63) is 35.3 Å². The molecule has 0 atom stereocenters. The first kappa shape index (κ1) is 21.4. The lowest BCUT2D eigenvalue weighted by Crippen LogP contribution is -2.21. The van der Waals surface area contributed by atoms with Crippen LogP contribution in [0.4, 0.5) is 14.5 Å². The molecule has 0 unspecified atom stereocenters. The fourth-order valence-corrected chi connectivity index (χ4v) is 3.66. The number of hydrogen-bond acceptors (Lipinski definition) is 6. The van der Waals surface area contributed by atoms with Gasteiger partial charge in [0.25, 0.3) is 0 Å². The van der Waals surface area contributed by atoms with E-state index in [0.29, 0.717) is 5.75 Å². The lowest BCUT2D eigenvalue weighted by atomic mass is 10.3. The zero-order valence-electron chi connectivity index (χ0n) is 13.9. The summed E-state index contributed by atoms with van der Waals surface area (Å²) >= 11 is 5.13. The van der Waals surface area contributed by atoms with Crippen molar-refractivity contribution in [3.63, 3.8) is 0 Å². The summed E-state index contributed by atoms with van der Waals surface area (Å²) in [6, 6.07) is 7.38. The second kappa shape index (κ2) is 9.16. The molecule has 1 rings (SSSR count). The minimum Gasteiger partial charge on any atom is -0.497 e. The highest BCUT2D eigenvalue weighted by Gasteiger charge is 2.42. The summed E-state index contributed by atoms with van der Waals surface area (Å²) < 4.78 is 55.5. The van der Waals surface area contributed by atoms with Gasteiger partial charge in [0.2, 0.25) is 0 Å². The zero-order valence-corrected chi connectivity index (χ0v) is 15.5. The van der Waals surface area contributed by atoms with Crippen LogP contribution in [0.5, 0.6) is 5.75 Å². The second-order valence-corrected chi connectivity index (χ2v) is 6.95. The van der Waals surface area contributed by atoms with Gasteiger partial charge in [0.1, 0.15) is 17.5 Å². The number of benzene rings is 1. The van der Waals surface area contributed by atoms with Gasteiger partial charge in [0.15, 0.2) is 5.31 Å². The second-order valence-electron chi connectivity index (χ2n) is 4.52. The van der Waals surface area contributed by atoms with Crippen LogP contribution < -0.4 is 10.1 Å². The Morgan fingerprint density at radius 2 is 1.80 bits per heavy atom. The van der Waals surface area contributed by atoms with E-state index in [0.717, 1.165) is 0 Å². The molecule has 6 nitrogen and oxygen atoms in total. The number of anilines is 1. The first-order valence-electron chi connectivity index (χ1n) is 7.24. The maximum absolute atomic E-state index is 13.9. The number of ether oxygens (including phenoxy) is 1. The number of nitrogens with zero attached hydrogens (tertiary/aromatic N) is 1. The Labute approximate surface area is 149 Å². The topological polar surface area (TPSA) is 80.6 Å². The minimum absolute atomic E-state index is 0.105. The molecule has 1 aromatic carbocycles. The fourth-order valence-electron chi connectivity index (χ4n) is 1.84. The number of rotatable bonds is 9. The largest absolute Gasteiger partial charge is 0.497 e. The van der Waals surface area contributed by atoms with E-state index in [1.54, 1.807) is 0 Å². The quantitative estimate of drug-likeness (QED) is 0.363. The summed E-state index contributed by atoms with van der Waals surface area (Å²) in [6.45, 7) is 2.78. The van der Waals surface area contributed by atoms with Crippen LogP contribution in [0.1, 0.15) is 13.8 Å². The van der Waals surface area contributed by atoms with Crippen LogP contribution in [0.2, 0.25) is 0 Å². The predicted molar refractivity (Wildman–Crippen MR) is 90.9 cm³/mol. The van der Waals surface area contributed by atoms with Gasteiger partial charge in [-0.2, -0.15) is 14.0 Å². The Morgan fingerprint density at radius 1 is 1.28 bits per heavy atom. The van der Waals surface area contributed by atoms with Gasteiger partial charge in [-0.3, -0.25) is 4.57 Å². The molecular weight excluding hydrogens is 377 g/mol. The normalized spacial score (nSPS) is 13.0. The van der Waals surface area contributed by atoms with E-state index >= 15 is 0 Å². The van der Waals surface area contributed by atoms with Crippen molar-refractivity contribution >= 4 is 24.9 Å². The van der Waals surface area contributed by atoms with Gasteiger partial charge < -0.3 is 19.1 Å². The fraction of sp³-hybridized carbons (Fsp3) is 0.400. The molecule has 0 aromatic heterocycles. The monoisotopic (exact) mass is 394 g/mol. The molecule has 25 heavy (non-hydrogen) atoms. The standard InChI is InChI=1S/C15H18ClF2N2O4P/c1-4-23-25(21,24-5-2)13(10-19)14(15(16,17)18)20-11-6-8-12(22-3)9-7-11/h6-9,20H,4-5H2,1-3H3/b14-13-. The highest BCUT2D eigenvalue weighted by Crippen LogP contribution is 2.58. The van der Waals surface area contributed by atoms with Gasteiger partial charge in [-0.05, 0) is 49.7 Å². The van der Waals surface area contributed by atoms with E-state index in [9.17, 15) is 18.6 Å². The molecular formula is C15H18ClF2N2O4P. The maximum Gasteiger partial charge on any atom is 0.373 e. The Balaban J connectivity index is 3.44. The summed E-state index contributed by atoms with van der Waals surface area (Å²) in [5.74, 6) is 0.503. The number of halogens is 3. The Bertz CT molecular complexity index is 689. The molecule has 0 aliphatic carbocycles. The van der Waals surface area contributed by atoms with E-state index in [1.807, 2.05) is 0 Å². The summed E-state index contributed by atoms with van der Waals surface area (Å²) in [5.41, 5.74) is -0.879. The molecule has 0 amide bonds. The smallest absolute Gasteiger partial charge is 0.373 e. The van der Waals surface area contributed by atoms with Crippen molar-refractivity contribution in [2.75, 3.05) is 25.6 Å². The number of nitriles is 1. The number of alkyl halides is 3. The van der Waals surface area contributed by atoms with Crippen LogP contribution in [0.3, 0.4) is 0 Å². The zero-order chi connectivity index (χ0) is 19.1. The van der Waals surface area contributed by atoms with E-state index < -0.39 is 24.0 Å². The molecule has 1 aromatic rings. The molecule has 0 fully saturated rings. The van der Waals surface area contributed by atoms with Gasteiger partial charge in [0, 0.05) is 5.69 Å². The Hall–Kier alpha value is -1.65. The number of allylic oxidation sites excluding steroid dienone is 2. The van der Waals surface area contributed by atoms with E-state index in [2.05, 4.69) is 5.32 Å². The van der Waals surface area contributed by atoms with E-state index in [1.165, 1.54) is 51.3 Å². The molecule has 138 valence electrons. The summed E-state index contributed by atoms with van der Waals surface area (Å²) in [7, 11) is -2.81. The first-order chi connectivity index (χ1) is 11.7. The van der Waals surface area contributed by atoms with Gasteiger partial charge in [0.05, 0.1) is 20.3 Å². The summed E-state index contributed by atoms with van der Waals surface area (Å²) in [4.78, 5) is 0. The minimum atomic E-state index is -4.27. The number of nitrogens with one attached hydrogen (secondary N) is 1. The molecule has 0 radical (unpaired) electrons. The van der Waals surface area contributed by atoms with Crippen LogP contribution in [0.25, 0.3) is 0 Å². The van der Waals surface area contributed by atoms with Crippen molar-refractivity contribution in [3.8, 4) is 11.8 Å². The summed E-state index contributed by atoms with van der Waals surface area (Å²) in [6.07, 6.45) is 0. The molecule has 10 heteroatoms. The van der Waals surface area contributed by atoms with Crippen LogP contribution in [-0.4, -0.2) is 25.7 Å². The SMILES string of the molecule is CCOP(=O)(OCC)/C(C#N)=C(\Nc1ccc(OC)cc1)C(F)(F)Cl. The van der Waals surface area contributed by atoms with E-state index in [-0.39, 0.29) is 18.9 Å². The van der Waals surface area contributed by atoms with Crippen LogP contribution in [-0.2, 0) is 13.6 Å². The first-order valence-corrected chi connectivity index (χ1v) is 9.16. The number of methoxy groups -OCH3 is 1. The van der Waals surface area contributed by atoms with Gasteiger partial charge in [-0.25, -0.2) is 0 Å². The van der Waals surface area contributed by atoms with Crippen LogP contribution in [0, 0.1) is 11.3 Å². The Kier molecular flexibility index (Phi) is 7.84. The highest BCUT2D eigenvalue weighted by atomic mass is 35.5. The van der Waals surface area contributed by atoms with Crippen molar-refractivity contribution < 1.29 is 27.1 Å². The van der Waals surface area contributed by atoms with Crippen molar-refractivity contribution in [2.24, 2.45) is 0 Å². The third kappa shape index (κ3) is 5.68. The van der Waals surface area contributed by atoms with Crippen molar-refractivity contribution in [1.82, 2.24) is 0 Å². The Morgan fingerprint density at radius 3 is 2.16 bits per heavy atom. The summed E-state index contributed by atoms with van der Waals surface area (Å²) in [5, 5.41) is 6.76. The maximum atomic E-state index is 13.9. The van der Waals surface area contributed by atoms with Crippen molar-refractivity contribution in [2.45, 2.75) is 19.2 Å². The van der Waals surface area contributed by atoms with Crippen LogP contribution >= 0.6 is 19.2 Å². The van der Waals surface area contributed by atoms with Gasteiger partial charge in [-0.1, -0.05) is 0 Å². The van der Waals surface area contributed by atoms with Crippen LogP contribution in [0.15, 0.2) is 35.3 Å². The van der Waals surface area contributed by atoms with E-state index in [4.69, 9.17) is 25.4 Å². The molecule has 1 N–H and O–H groups in total. The lowest BCUT2D eigenvalue weighted by Gasteiger charge is -2.22. The van der Waals surface area contributed by atoms with Gasteiger partial charge in [-0.15, -0.1) is 0 Å². The average Bonchev–Trinajstić information content (AvgIpc) is 2.54. The lowest BCUT2D eigenvalue weighted by molar-refractivity contribution is 0.138. The third-order valence-corrected chi connectivity index (χ3v) is 5.11. The number of hydrogen-bond donors (Lipinski definition) is 1. The predicted octanol–water partition coefficient (Wildman–Crippen LogP) is 4.94. The molecule has 0 aliphatic rings. The average molecular weight is 395 g/mol. The molecule has 0 spiro atoms. The highest BCUT2D eigenvalue weighted by molar-refractivity contribution is 7.59. The van der Waals surface area contributed by atoms with Crippen molar-refractivity contribution in [1.29, 1.82) is 5.26 Å². The molecule has 0 aliphatic heterocycles. The third-order valence-electron chi connectivity index (χ3n) is 2.86.